The molecule has 4 N–H and O–H groups in total. The minimum atomic E-state index is -3.84. The third-order valence-electron chi connectivity index (χ3n) is 8.80. The third-order valence-corrected chi connectivity index (χ3v) is 11.6. The normalized spacial score (nSPS) is 10.8. The van der Waals surface area contributed by atoms with Crippen LogP contribution in [0.5, 0.6) is 11.5 Å². The largest absolute Gasteiger partial charge is 0.497 e. The topological polar surface area (TPSA) is 222 Å². The summed E-state index contributed by atoms with van der Waals surface area (Å²) in [6.45, 7) is 3.99. The zero-order valence-electron chi connectivity index (χ0n) is 35.0. The van der Waals surface area contributed by atoms with Gasteiger partial charge in [-0.15, -0.1) is 0 Å². The van der Waals surface area contributed by atoms with E-state index in [1.54, 1.807) is 123 Å². The molecule has 64 heavy (non-hydrogen) atoms. The van der Waals surface area contributed by atoms with Crippen molar-refractivity contribution >= 4 is 66.5 Å². The fourth-order valence-electron chi connectivity index (χ4n) is 5.60. The summed E-state index contributed by atoms with van der Waals surface area (Å²) in [5, 5.41) is 5.42. The summed E-state index contributed by atoms with van der Waals surface area (Å²) in [6.07, 6.45) is 0. The van der Waals surface area contributed by atoms with E-state index in [4.69, 9.17) is 18.9 Å². The fourth-order valence-corrected chi connectivity index (χ4v) is 7.70. The molecule has 0 saturated heterocycles. The summed E-state index contributed by atoms with van der Waals surface area (Å²) < 4.78 is 75.3. The number of esters is 2. The SMILES string of the molecule is CCOC(=O)c1ccc(NC(=O)c2cccc(NS(=O)(=O)c3ccc(OC)cc3)c2)cc1.CCOC(=O)c1ccc(NC(=O)c2cccc(NS(=O)(=O)c3ccc(OC)cc3)c2)cc1. The highest BCUT2D eigenvalue weighted by molar-refractivity contribution is 7.93. The molecule has 0 atom stereocenters. The van der Waals surface area contributed by atoms with E-state index in [0.717, 1.165) is 0 Å². The number of carbonyl (C=O) groups excluding carboxylic acids is 4. The lowest BCUT2D eigenvalue weighted by molar-refractivity contribution is 0.0517. The van der Waals surface area contributed by atoms with Crippen molar-refractivity contribution in [2.75, 3.05) is 47.5 Å². The van der Waals surface area contributed by atoms with Crippen LogP contribution in [0.25, 0.3) is 0 Å². The van der Waals surface area contributed by atoms with Crippen LogP contribution >= 0.6 is 0 Å². The zero-order chi connectivity index (χ0) is 46.3. The Morgan fingerprint density at radius 1 is 0.438 bits per heavy atom. The second-order valence-electron chi connectivity index (χ2n) is 13.2. The van der Waals surface area contributed by atoms with Crippen molar-refractivity contribution in [3.8, 4) is 11.5 Å². The number of carbonyl (C=O) groups is 4. The summed E-state index contributed by atoms with van der Waals surface area (Å²) >= 11 is 0. The fraction of sp³-hybridized carbons (Fsp3) is 0.130. The molecule has 0 aliphatic rings. The third kappa shape index (κ3) is 13.2. The Kier molecular flexibility index (Phi) is 16.2. The van der Waals surface area contributed by atoms with E-state index in [1.165, 1.54) is 50.6 Å². The van der Waals surface area contributed by atoms with E-state index in [2.05, 4.69) is 20.1 Å². The number of anilines is 4. The number of rotatable bonds is 16. The van der Waals surface area contributed by atoms with Gasteiger partial charge in [0, 0.05) is 33.9 Å². The van der Waals surface area contributed by atoms with Gasteiger partial charge in [-0.25, -0.2) is 26.4 Å². The molecule has 0 bridgehead atoms. The van der Waals surface area contributed by atoms with Crippen LogP contribution < -0.4 is 29.6 Å². The Morgan fingerprint density at radius 3 is 1.09 bits per heavy atom. The molecule has 0 spiro atoms. The van der Waals surface area contributed by atoms with Crippen molar-refractivity contribution in [3.63, 3.8) is 0 Å². The predicted octanol–water partition coefficient (Wildman–Crippen LogP) is 7.85. The Hall–Kier alpha value is -7.70. The van der Waals surface area contributed by atoms with Crippen molar-refractivity contribution < 1.29 is 55.0 Å². The molecule has 0 unspecified atom stereocenters. The Morgan fingerprint density at radius 2 is 0.781 bits per heavy atom. The van der Waals surface area contributed by atoms with Crippen molar-refractivity contribution in [1.29, 1.82) is 0 Å². The zero-order valence-corrected chi connectivity index (χ0v) is 36.6. The average molecular weight is 909 g/mol. The molecule has 16 nitrogen and oxygen atoms in total. The number of hydrogen-bond donors (Lipinski definition) is 4. The summed E-state index contributed by atoms with van der Waals surface area (Å²) in [5.74, 6) is -0.668. The minimum Gasteiger partial charge on any atom is -0.497 e. The molecule has 332 valence electrons. The van der Waals surface area contributed by atoms with Gasteiger partial charge in [0.1, 0.15) is 11.5 Å². The molecule has 0 heterocycles. The molecule has 0 aliphatic heterocycles. The van der Waals surface area contributed by atoms with Crippen LogP contribution in [0.1, 0.15) is 55.3 Å². The van der Waals surface area contributed by atoms with Gasteiger partial charge in [-0.05, 0) is 147 Å². The van der Waals surface area contributed by atoms with E-state index in [1.807, 2.05) is 0 Å². The van der Waals surface area contributed by atoms with Crippen LogP contribution in [0.15, 0.2) is 155 Å². The first-order valence-corrected chi connectivity index (χ1v) is 22.3. The lowest BCUT2D eigenvalue weighted by Gasteiger charge is -2.11. The van der Waals surface area contributed by atoms with Gasteiger partial charge in [0.15, 0.2) is 0 Å². The number of nitrogens with one attached hydrogen (secondary N) is 4. The van der Waals surface area contributed by atoms with Crippen molar-refractivity contribution in [2.45, 2.75) is 23.6 Å². The van der Waals surface area contributed by atoms with Crippen molar-refractivity contribution in [1.82, 2.24) is 0 Å². The summed E-state index contributed by atoms with van der Waals surface area (Å²) in [5.41, 5.74) is 2.71. The maximum absolute atomic E-state index is 12.6. The lowest BCUT2D eigenvalue weighted by atomic mass is 10.1. The number of sulfonamides is 2. The van der Waals surface area contributed by atoms with E-state index >= 15 is 0 Å². The van der Waals surface area contributed by atoms with E-state index < -0.39 is 43.8 Å². The van der Waals surface area contributed by atoms with Crippen LogP contribution in [0.4, 0.5) is 22.7 Å². The first-order valence-electron chi connectivity index (χ1n) is 19.4. The summed E-state index contributed by atoms with van der Waals surface area (Å²) in [4.78, 5) is 48.8. The predicted molar refractivity (Wildman–Crippen MR) is 241 cm³/mol. The molecule has 6 aromatic carbocycles. The Labute approximate surface area is 370 Å². The molecule has 0 aromatic heterocycles. The highest BCUT2D eigenvalue weighted by Crippen LogP contribution is 2.23. The first kappa shape index (κ1) is 47.4. The molecular formula is C46H44N4O12S2. The maximum atomic E-state index is 12.6. The van der Waals surface area contributed by atoms with Crippen LogP contribution in [-0.2, 0) is 29.5 Å². The van der Waals surface area contributed by atoms with E-state index in [9.17, 15) is 36.0 Å². The summed E-state index contributed by atoms with van der Waals surface area (Å²) in [6, 6.07) is 36.7. The Balaban J connectivity index is 0.000000241. The standard InChI is InChI=1S/2C23H22N2O6S/c2*1-3-31-23(27)16-7-9-18(10-8-16)24-22(26)17-5-4-6-19(15-17)25-32(28,29)21-13-11-20(30-2)12-14-21/h2*4-15,25H,3H2,1-2H3,(H,24,26). The van der Waals surface area contributed by atoms with Gasteiger partial charge in [0.05, 0.1) is 48.4 Å². The quantitative estimate of drug-likeness (QED) is 0.0682. The number of benzene rings is 6. The smallest absolute Gasteiger partial charge is 0.338 e. The van der Waals surface area contributed by atoms with Crippen molar-refractivity contribution in [2.24, 2.45) is 0 Å². The lowest BCUT2D eigenvalue weighted by Crippen LogP contribution is -2.15. The van der Waals surface area contributed by atoms with Crippen LogP contribution in [0.3, 0.4) is 0 Å². The van der Waals surface area contributed by atoms with Crippen molar-refractivity contribution in [3.05, 3.63) is 168 Å². The highest BCUT2D eigenvalue weighted by Gasteiger charge is 2.18. The monoisotopic (exact) mass is 908 g/mol. The molecule has 6 rings (SSSR count). The minimum absolute atomic E-state index is 0.0647. The first-order chi connectivity index (χ1) is 30.6. The molecule has 2 amide bonds. The molecule has 0 saturated carbocycles. The van der Waals surface area contributed by atoms with Gasteiger partial charge in [0.25, 0.3) is 31.9 Å². The van der Waals surface area contributed by atoms with E-state index in [-0.39, 0.29) is 45.5 Å². The average Bonchev–Trinajstić information content (AvgIpc) is 3.29. The molecule has 0 fully saturated rings. The molecule has 6 aromatic rings. The molecular weight excluding hydrogens is 865 g/mol. The van der Waals surface area contributed by atoms with Gasteiger partial charge in [-0.2, -0.15) is 0 Å². The molecule has 0 aliphatic carbocycles. The van der Waals surface area contributed by atoms with Crippen LogP contribution in [0, 0.1) is 0 Å². The number of hydrogen-bond acceptors (Lipinski definition) is 12. The van der Waals surface area contributed by atoms with Gasteiger partial charge >= 0.3 is 11.9 Å². The second-order valence-corrected chi connectivity index (χ2v) is 16.6. The van der Waals surface area contributed by atoms with Gasteiger partial charge in [0.2, 0.25) is 0 Å². The molecule has 0 radical (unpaired) electrons. The molecule has 18 heteroatoms. The summed E-state index contributed by atoms with van der Waals surface area (Å²) in [7, 11) is -4.69. The van der Waals surface area contributed by atoms with Gasteiger partial charge in [-0.1, -0.05) is 12.1 Å². The maximum Gasteiger partial charge on any atom is 0.338 e. The number of amides is 2. The number of ether oxygens (including phenoxy) is 4. The highest BCUT2D eigenvalue weighted by atomic mass is 32.2. The van der Waals surface area contributed by atoms with Crippen LogP contribution in [-0.4, -0.2) is 68.0 Å². The van der Waals surface area contributed by atoms with Gasteiger partial charge < -0.3 is 29.6 Å². The van der Waals surface area contributed by atoms with Gasteiger partial charge in [-0.3, -0.25) is 19.0 Å². The Bertz CT molecular complexity index is 2610. The second kappa shape index (κ2) is 21.9. The van der Waals surface area contributed by atoms with E-state index in [0.29, 0.717) is 34.0 Å². The van der Waals surface area contributed by atoms with Crippen LogP contribution in [0.2, 0.25) is 0 Å². The number of methoxy groups -OCH3 is 2.